The van der Waals surface area contributed by atoms with Gasteiger partial charge in [0.15, 0.2) is 5.96 Å². The zero-order chi connectivity index (χ0) is 19.4. The second-order valence-electron chi connectivity index (χ2n) is 6.81. The lowest BCUT2D eigenvalue weighted by Gasteiger charge is -2.25. The fourth-order valence-electron chi connectivity index (χ4n) is 3.23. The maximum Gasteiger partial charge on any atom is 0.242 e. The van der Waals surface area contributed by atoms with Crippen LogP contribution in [0.1, 0.15) is 59.3 Å². The summed E-state index contributed by atoms with van der Waals surface area (Å²) in [5.74, 6) is 0.815. The van der Waals surface area contributed by atoms with Gasteiger partial charge in [-0.25, -0.2) is 0 Å². The summed E-state index contributed by atoms with van der Waals surface area (Å²) in [5.41, 5.74) is 0. The first kappa shape index (κ1) is 22.3. The van der Waals surface area contributed by atoms with E-state index in [0.29, 0.717) is 38.1 Å². The van der Waals surface area contributed by atoms with Crippen molar-refractivity contribution < 1.29 is 9.59 Å². The van der Waals surface area contributed by atoms with Crippen molar-refractivity contribution in [3.63, 3.8) is 0 Å². The third kappa shape index (κ3) is 8.06. The third-order valence-electron chi connectivity index (χ3n) is 4.76. The molecule has 0 saturated heterocycles. The summed E-state index contributed by atoms with van der Waals surface area (Å²) >= 11 is 0. The Morgan fingerprint density at radius 2 is 1.73 bits per heavy atom. The monoisotopic (exact) mass is 367 g/mol. The summed E-state index contributed by atoms with van der Waals surface area (Å²) in [5, 5.41) is 6.30. The number of nitrogens with one attached hydrogen (secondary N) is 2. The van der Waals surface area contributed by atoms with Gasteiger partial charge in [0.1, 0.15) is 0 Å². The van der Waals surface area contributed by atoms with Crippen LogP contribution in [-0.4, -0.2) is 73.4 Å². The highest BCUT2D eigenvalue weighted by Crippen LogP contribution is 2.17. The fourth-order valence-corrected chi connectivity index (χ4v) is 3.23. The number of guanidine groups is 1. The molecule has 2 amide bonds. The van der Waals surface area contributed by atoms with Crippen molar-refractivity contribution in [2.75, 3.05) is 39.8 Å². The number of aliphatic imine (C=N–C) groups is 1. The molecule has 1 rings (SSSR count). The summed E-state index contributed by atoms with van der Waals surface area (Å²) in [7, 11) is 1.85. The molecule has 0 bridgehead atoms. The number of amides is 2. The Bertz CT molecular complexity index is 457. The predicted molar refractivity (Wildman–Crippen MR) is 106 cm³/mol. The summed E-state index contributed by atoms with van der Waals surface area (Å²) < 4.78 is 0. The van der Waals surface area contributed by atoms with Crippen LogP contribution in [0.3, 0.4) is 0 Å². The molecule has 2 N–H and O–H groups in total. The number of carbonyl (C=O) groups is 2. The van der Waals surface area contributed by atoms with Crippen LogP contribution >= 0.6 is 0 Å². The lowest BCUT2D eigenvalue weighted by molar-refractivity contribution is -0.131. The van der Waals surface area contributed by atoms with Crippen LogP contribution < -0.4 is 10.6 Å². The second-order valence-corrected chi connectivity index (χ2v) is 6.81. The molecule has 0 aliphatic heterocycles. The predicted octanol–water partition coefficient (Wildman–Crippen LogP) is 1.59. The van der Waals surface area contributed by atoms with Crippen molar-refractivity contribution in [1.82, 2.24) is 20.4 Å². The number of hydrogen-bond donors (Lipinski definition) is 2. The highest BCUT2D eigenvalue weighted by atomic mass is 16.2. The summed E-state index contributed by atoms with van der Waals surface area (Å²) in [4.78, 5) is 32.5. The van der Waals surface area contributed by atoms with Crippen molar-refractivity contribution in [1.29, 1.82) is 0 Å². The molecule has 0 radical (unpaired) electrons. The maximum absolute atomic E-state index is 12.3. The van der Waals surface area contributed by atoms with Gasteiger partial charge in [-0.15, -0.1) is 0 Å². The molecule has 0 spiro atoms. The van der Waals surface area contributed by atoms with Crippen LogP contribution in [0.2, 0.25) is 0 Å². The zero-order valence-electron chi connectivity index (χ0n) is 17.0. The van der Waals surface area contributed by atoms with Crippen LogP contribution in [0.15, 0.2) is 4.99 Å². The van der Waals surface area contributed by atoms with E-state index < -0.39 is 0 Å². The highest BCUT2D eigenvalue weighted by Gasteiger charge is 2.16. The number of likely N-dealkylation sites (N-methyl/N-ethyl adjacent to an activating group) is 2. The van der Waals surface area contributed by atoms with Crippen molar-refractivity contribution in [2.24, 2.45) is 4.99 Å². The van der Waals surface area contributed by atoms with Gasteiger partial charge in [0, 0.05) is 39.1 Å². The lowest BCUT2D eigenvalue weighted by atomic mass is 9.95. The first-order valence-corrected chi connectivity index (χ1v) is 10.1. The van der Waals surface area contributed by atoms with E-state index in [-0.39, 0.29) is 18.4 Å². The Morgan fingerprint density at radius 3 is 2.31 bits per heavy atom. The van der Waals surface area contributed by atoms with Crippen molar-refractivity contribution in [2.45, 2.75) is 65.3 Å². The number of hydrogen-bond acceptors (Lipinski definition) is 3. The van der Waals surface area contributed by atoms with Crippen LogP contribution in [-0.2, 0) is 9.59 Å². The molecule has 0 atom stereocenters. The molecule has 7 heteroatoms. The molecule has 26 heavy (non-hydrogen) atoms. The summed E-state index contributed by atoms with van der Waals surface area (Å²) in [6.45, 7) is 8.78. The molecule has 1 saturated carbocycles. The Balaban J connectivity index is 2.48. The van der Waals surface area contributed by atoms with Crippen molar-refractivity contribution >= 4 is 17.8 Å². The summed E-state index contributed by atoms with van der Waals surface area (Å²) in [6.07, 6.45) is 6.25. The molecule has 0 heterocycles. The Labute approximate surface area is 158 Å². The molecule has 0 unspecified atom stereocenters. The van der Waals surface area contributed by atoms with Gasteiger partial charge < -0.3 is 20.4 Å². The maximum atomic E-state index is 12.3. The molecule has 0 aromatic heterocycles. The minimum atomic E-state index is 0.0679. The molecule has 0 aromatic rings. The van der Waals surface area contributed by atoms with E-state index in [9.17, 15) is 9.59 Å². The molecule has 150 valence electrons. The average molecular weight is 368 g/mol. The Hall–Kier alpha value is -1.79. The van der Waals surface area contributed by atoms with E-state index in [1.807, 2.05) is 32.7 Å². The number of carbonyl (C=O) groups excluding carboxylic acids is 2. The van der Waals surface area contributed by atoms with E-state index in [0.717, 1.165) is 19.4 Å². The molecular weight excluding hydrogens is 330 g/mol. The third-order valence-corrected chi connectivity index (χ3v) is 4.76. The Kier molecular flexibility index (Phi) is 10.7. The van der Waals surface area contributed by atoms with E-state index in [2.05, 4.69) is 15.6 Å². The van der Waals surface area contributed by atoms with Crippen molar-refractivity contribution in [3.05, 3.63) is 0 Å². The topological polar surface area (TPSA) is 77.0 Å². The van der Waals surface area contributed by atoms with E-state index in [1.165, 1.54) is 19.3 Å². The van der Waals surface area contributed by atoms with Crippen molar-refractivity contribution in [3.8, 4) is 0 Å². The lowest BCUT2D eigenvalue weighted by Crippen LogP contribution is -2.45. The standard InChI is InChI=1S/C19H37N5O2/c1-5-20-19(23(4)15-18(26)24(6-2)7-3)21-14-13-17(25)22-16-11-9-8-10-12-16/h16H,5-15H2,1-4H3,(H,20,21)(H,22,25). The first-order chi connectivity index (χ1) is 12.5. The van der Waals surface area contributed by atoms with Gasteiger partial charge in [-0.1, -0.05) is 19.3 Å². The van der Waals surface area contributed by atoms with E-state index in [1.54, 1.807) is 4.90 Å². The number of rotatable bonds is 9. The van der Waals surface area contributed by atoms with E-state index >= 15 is 0 Å². The van der Waals surface area contributed by atoms with Gasteiger partial charge in [0.2, 0.25) is 11.8 Å². The van der Waals surface area contributed by atoms with E-state index in [4.69, 9.17) is 0 Å². The quantitative estimate of drug-likeness (QED) is 0.479. The van der Waals surface area contributed by atoms with Gasteiger partial charge in [-0.3, -0.25) is 14.6 Å². The van der Waals surface area contributed by atoms with Crippen LogP contribution in [0.4, 0.5) is 0 Å². The van der Waals surface area contributed by atoms with Gasteiger partial charge in [-0.05, 0) is 33.6 Å². The van der Waals surface area contributed by atoms with Crippen LogP contribution in [0, 0.1) is 0 Å². The molecule has 0 aromatic carbocycles. The fraction of sp³-hybridized carbons (Fsp3) is 0.842. The van der Waals surface area contributed by atoms with Gasteiger partial charge in [0.25, 0.3) is 0 Å². The first-order valence-electron chi connectivity index (χ1n) is 10.1. The van der Waals surface area contributed by atoms with Gasteiger partial charge in [0.05, 0.1) is 13.1 Å². The largest absolute Gasteiger partial charge is 0.357 e. The molecule has 1 aliphatic carbocycles. The van der Waals surface area contributed by atoms with Crippen LogP contribution in [0.5, 0.6) is 0 Å². The van der Waals surface area contributed by atoms with Gasteiger partial charge >= 0.3 is 0 Å². The summed E-state index contributed by atoms with van der Waals surface area (Å²) in [6, 6.07) is 0.336. The minimum absolute atomic E-state index is 0.0679. The molecular formula is C19H37N5O2. The number of nitrogens with zero attached hydrogens (tertiary/aromatic N) is 3. The van der Waals surface area contributed by atoms with Gasteiger partial charge in [-0.2, -0.15) is 0 Å². The zero-order valence-corrected chi connectivity index (χ0v) is 17.0. The SMILES string of the molecule is CCNC(=NCCC(=O)NC1CCCCC1)N(C)CC(=O)N(CC)CC. The van der Waals surface area contributed by atoms with Crippen LogP contribution in [0.25, 0.3) is 0 Å². The molecule has 7 nitrogen and oxygen atoms in total. The smallest absolute Gasteiger partial charge is 0.242 e. The second kappa shape index (κ2) is 12.5. The highest BCUT2D eigenvalue weighted by molar-refractivity contribution is 5.86. The normalized spacial score (nSPS) is 15.5. The average Bonchev–Trinajstić information content (AvgIpc) is 2.62. The Morgan fingerprint density at radius 1 is 1.08 bits per heavy atom. The minimum Gasteiger partial charge on any atom is -0.357 e. The molecule has 1 fully saturated rings. The molecule has 1 aliphatic rings.